The molecular formula is C18H20N4OS. The van der Waals surface area contributed by atoms with Crippen LogP contribution < -0.4 is 0 Å². The van der Waals surface area contributed by atoms with Gasteiger partial charge >= 0.3 is 0 Å². The summed E-state index contributed by atoms with van der Waals surface area (Å²) in [6.45, 7) is 2.29. The van der Waals surface area contributed by atoms with Crippen LogP contribution in [-0.4, -0.2) is 38.7 Å². The minimum Gasteiger partial charge on any atom is -0.342 e. The van der Waals surface area contributed by atoms with Gasteiger partial charge in [-0.3, -0.25) is 9.48 Å². The van der Waals surface area contributed by atoms with E-state index in [1.54, 1.807) is 11.3 Å². The van der Waals surface area contributed by atoms with Crippen molar-refractivity contribution in [3.8, 4) is 0 Å². The third kappa shape index (κ3) is 3.06. The molecule has 1 unspecified atom stereocenters. The highest BCUT2D eigenvalue weighted by Crippen LogP contribution is 2.28. The molecule has 0 N–H and O–H groups in total. The molecule has 6 heteroatoms. The number of carbonyl (C=O) groups is 1. The van der Waals surface area contributed by atoms with Crippen molar-refractivity contribution in [3.05, 3.63) is 47.0 Å². The first-order chi connectivity index (χ1) is 11.8. The number of hydrogen-bond acceptors (Lipinski definition) is 4. The Kier molecular flexibility index (Phi) is 4.30. The van der Waals surface area contributed by atoms with Crippen LogP contribution in [0.4, 0.5) is 0 Å². The molecule has 4 rings (SSSR count). The SMILES string of the molecule is O=C(CCn1ncc2ccccc21)N1CCCC(c2nccs2)C1. The van der Waals surface area contributed by atoms with Gasteiger partial charge in [-0.15, -0.1) is 11.3 Å². The predicted molar refractivity (Wildman–Crippen MR) is 95.0 cm³/mol. The average Bonchev–Trinajstić information content (AvgIpc) is 3.30. The van der Waals surface area contributed by atoms with E-state index in [0.717, 1.165) is 41.8 Å². The summed E-state index contributed by atoms with van der Waals surface area (Å²) in [5.74, 6) is 0.615. The predicted octanol–water partition coefficient (Wildman–Crippen LogP) is 3.29. The topological polar surface area (TPSA) is 51.0 Å². The number of benzene rings is 1. The van der Waals surface area contributed by atoms with Gasteiger partial charge in [0.05, 0.1) is 23.3 Å². The molecule has 2 aromatic heterocycles. The largest absolute Gasteiger partial charge is 0.342 e. The van der Waals surface area contributed by atoms with Gasteiger partial charge in [-0.05, 0) is 18.9 Å². The van der Waals surface area contributed by atoms with Crippen LogP contribution in [0.5, 0.6) is 0 Å². The van der Waals surface area contributed by atoms with E-state index in [9.17, 15) is 4.79 Å². The molecule has 1 aromatic carbocycles. The number of carbonyl (C=O) groups excluding carboxylic acids is 1. The first kappa shape index (κ1) is 15.3. The normalized spacial score (nSPS) is 18.2. The van der Waals surface area contributed by atoms with Gasteiger partial charge < -0.3 is 4.90 Å². The zero-order valence-electron chi connectivity index (χ0n) is 13.5. The monoisotopic (exact) mass is 340 g/mol. The van der Waals surface area contributed by atoms with E-state index in [1.807, 2.05) is 51.6 Å². The van der Waals surface area contributed by atoms with Gasteiger partial charge in [-0.2, -0.15) is 5.10 Å². The quantitative estimate of drug-likeness (QED) is 0.732. The molecule has 3 aromatic rings. The molecule has 1 aliphatic heterocycles. The lowest BCUT2D eigenvalue weighted by molar-refractivity contribution is -0.132. The molecule has 5 nitrogen and oxygen atoms in total. The number of piperidine rings is 1. The first-order valence-corrected chi connectivity index (χ1v) is 9.27. The third-order valence-electron chi connectivity index (χ3n) is 4.66. The number of amides is 1. The Labute approximate surface area is 144 Å². The molecule has 0 radical (unpaired) electrons. The van der Waals surface area contributed by atoms with Gasteiger partial charge in [0.1, 0.15) is 0 Å². The standard InChI is InChI=1S/C18H20N4OS/c23-17(7-10-22-16-6-2-1-4-14(16)12-20-22)21-9-3-5-15(13-21)18-19-8-11-24-18/h1-2,4,6,8,11-12,15H,3,5,7,9-10,13H2. The Hall–Kier alpha value is -2.21. The number of rotatable bonds is 4. The maximum atomic E-state index is 12.6. The van der Waals surface area contributed by atoms with E-state index in [1.165, 1.54) is 0 Å². The van der Waals surface area contributed by atoms with Crippen LogP contribution in [0.15, 0.2) is 42.0 Å². The molecule has 0 saturated carbocycles. The molecule has 24 heavy (non-hydrogen) atoms. The van der Waals surface area contributed by atoms with Crippen LogP contribution in [0.3, 0.4) is 0 Å². The van der Waals surface area contributed by atoms with Crippen molar-refractivity contribution in [2.24, 2.45) is 0 Å². The van der Waals surface area contributed by atoms with Crippen molar-refractivity contribution in [3.63, 3.8) is 0 Å². The minimum atomic E-state index is 0.218. The van der Waals surface area contributed by atoms with Crippen LogP contribution >= 0.6 is 11.3 Å². The summed E-state index contributed by atoms with van der Waals surface area (Å²) < 4.78 is 1.93. The summed E-state index contributed by atoms with van der Waals surface area (Å²) in [6, 6.07) is 8.10. The third-order valence-corrected chi connectivity index (χ3v) is 5.60. The highest BCUT2D eigenvalue weighted by atomic mass is 32.1. The van der Waals surface area contributed by atoms with Gasteiger partial charge in [0, 0.05) is 42.4 Å². The Morgan fingerprint density at radius 3 is 3.12 bits per heavy atom. The van der Waals surface area contributed by atoms with E-state index in [4.69, 9.17) is 0 Å². The summed E-state index contributed by atoms with van der Waals surface area (Å²) in [5, 5.41) is 8.69. The average molecular weight is 340 g/mol. The lowest BCUT2D eigenvalue weighted by Gasteiger charge is -2.32. The van der Waals surface area contributed by atoms with Crippen molar-refractivity contribution in [2.75, 3.05) is 13.1 Å². The van der Waals surface area contributed by atoms with Gasteiger partial charge in [-0.1, -0.05) is 18.2 Å². The minimum absolute atomic E-state index is 0.218. The molecule has 1 atom stereocenters. The summed E-state index contributed by atoms with van der Waals surface area (Å²) >= 11 is 1.69. The number of para-hydroxylation sites is 1. The van der Waals surface area contributed by atoms with E-state index in [-0.39, 0.29) is 5.91 Å². The molecule has 1 amide bonds. The molecule has 0 aliphatic carbocycles. The number of aryl methyl sites for hydroxylation is 1. The summed E-state index contributed by atoms with van der Waals surface area (Å²) in [4.78, 5) is 19.0. The van der Waals surface area contributed by atoms with E-state index >= 15 is 0 Å². The zero-order chi connectivity index (χ0) is 16.4. The van der Waals surface area contributed by atoms with Crippen molar-refractivity contribution in [1.29, 1.82) is 0 Å². The highest BCUT2D eigenvalue weighted by molar-refractivity contribution is 7.09. The van der Waals surface area contributed by atoms with Crippen LogP contribution in [0.2, 0.25) is 0 Å². The molecule has 1 saturated heterocycles. The lowest BCUT2D eigenvalue weighted by Crippen LogP contribution is -2.39. The van der Waals surface area contributed by atoms with E-state index in [0.29, 0.717) is 18.9 Å². The van der Waals surface area contributed by atoms with Crippen LogP contribution in [-0.2, 0) is 11.3 Å². The summed E-state index contributed by atoms with van der Waals surface area (Å²) in [7, 11) is 0. The fourth-order valence-corrected chi connectivity index (χ4v) is 4.17. The van der Waals surface area contributed by atoms with E-state index in [2.05, 4.69) is 10.1 Å². The molecule has 1 aliphatic rings. The second-order valence-electron chi connectivity index (χ2n) is 6.23. The molecule has 1 fully saturated rings. The van der Waals surface area contributed by atoms with Gasteiger partial charge in [0.25, 0.3) is 0 Å². The van der Waals surface area contributed by atoms with Crippen molar-refractivity contribution >= 4 is 28.1 Å². The maximum absolute atomic E-state index is 12.6. The van der Waals surface area contributed by atoms with Gasteiger partial charge in [0.15, 0.2) is 0 Å². The van der Waals surface area contributed by atoms with Crippen LogP contribution in [0, 0.1) is 0 Å². The summed E-state index contributed by atoms with van der Waals surface area (Å²) in [5.41, 5.74) is 1.09. The highest BCUT2D eigenvalue weighted by Gasteiger charge is 2.26. The van der Waals surface area contributed by atoms with Crippen molar-refractivity contribution in [1.82, 2.24) is 19.7 Å². The number of fused-ring (bicyclic) bond motifs is 1. The smallest absolute Gasteiger partial charge is 0.224 e. The fourth-order valence-electron chi connectivity index (χ4n) is 3.41. The Morgan fingerprint density at radius 1 is 1.33 bits per heavy atom. The molecular weight excluding hydrogens is 320 g/mol. The van der Waals surface area contributed by atoms with Crippen molar-refractivity contribution < 1.29 is 4.79 Å². The number of thiazole rings is 1. The number of likely N-dealkylation sites (tertiary alicyclic amines) is 1. The first-order valence-electron chi connectivity index (χ1n) is 8.39. The van der Waals surface area contributed by atoms with Crippen LogP contribution in [0.25, 0.3) is 10.9 Å². The Bertz CT molecular complexity index is 827. The maximum Gasteiger partial charge on any atom is 0.224 e. The van der Waals surface area contributed by atoms with E-state index < -0.39 is 0 Å². The molecule has 124 valence electrons. The van der Waals surface area contributed by atoms with Crippen LogP contribution in [0.1, 0.15) is 30.2 Å². The Balaban J connectivity index is 1.39. The molecule has 3 heterocycles. The molecule has 0 spiro atoms. The second kappa shape index (κ2) is 6.73. The van der Waals surface area contributed by atoms with Crippen molar-refractivity contribution in [2.45, 2.75) is 31.7 Å². The number of hydrogen-bond donors (Lipinski definition) is 0. The number of aromatic nitrogens is 3. The van der Waals surface area contributed by atoms with Gasteiger partial charge in [0.2, 0.25) is 5.91 Å². The molecule has 0 bridgehead atoms. The van der Waals surface area contributed by atoms with Gasteiger partial charge in [-0.25, -0.2) is 4.98 Å². The zero-order valence-corrected chi connectivity index (χ0v) is 14.3. The number of nitrogens with zero attached hydrogens (tertiary/aromatic N) is 4. The second-order valence-corrected chi connectivity index (χ2v) is 7.15. The fraction of sp³-hybridized carbons (Fsp3) is 0.389. The lowest BCUT2D eigenvalue weighted by atomic mass is 9.98. The Morgan fingerprint density at radius 2 is 2.25 bits per heavy atom. The summed E-state index contributed by atoms with van der Waals surface area (Å²) in [6.07, 6.45) is 6.39.